The molecule has 0 aliphatic carbocycles. The second-order valence-electron chi connectivity index (χ2n) is 7.31. The quantitative estimate of drug-likeness (QED) is 0.395. The van der Waals surface area contributed by atoms with Gasteiger partial charge in [0, 0.05) is 5.56 Å². The molecule has 0 aliphatic heterocycles. The van der Waals surface area contributed by atoms with Crippen LogP contribution in [0.2, 0.25) is 0 Å². The maximum atomic E-state index is 13.7. The molecule has 0 radical (unpaired) electrons. The van der Waals surface area contributed by atoms with Crippen molar-refractivity contribution < 1.29 is 8.81 Å². The molecule has 2 aromatic heterocycles. The first-order valence-electron chi connectivity index (χ1n) is 9.83. The third kappa shape index (κ3) is 3.13. The van der Waals surface area contributed by atoms with E-state index in [1.54, 1.807) is 36.4 Å². The van der Waals surface area contributed by atoms with Crippen molar-refractivity contribution in [3.05, 3.63) is 111 Å². The molecule has 152 valence electrons. The van der Waals surface area contributed by atoms with Gasteiger partial charge in [0.25, 0.3) is 5.56 Å². The fraction of sp³-hybridized carbons (Fsp3) is 0.0800. The molecule has 0 unspecified atom stereocenters. The van der Waals surface area contributed by atoms with Gasteiger partial charge in [0.1, 0.15) is 17.2 Å². The number of nitrogens with zero attached hydrogens (tertiary/aromatic N) is 2. The van der Waals surface area contributed by atoms with Gasteiger partial charge in [0.15, 0.2) is 5.39 Å². The molecule has 2 heterocycles. The van der Waals surface area contributed by atoms with Gasteiger partial charge in [0.05, 0.1) is 11.4 Å². The molecule has 0 N–H and O–H groups in total. The van der Waals surface area contributed by atoms with E-state index >= 15 is 0 Å². The summed E-state index contributed by atoms with van der Waals surface area (Å²) in [6, 6.07) is 21.5. The van der Waals surface area contributed by atoms with Crippen LogP contribution in [0, 0.1) is 5.82 Å². The lowest BCUT2D eigenvalue weighted by Crippen LogP contribution is -2.30. The molecule has 31 heavy (non-hydrogen) atoms. The third-order valence-corrected chi connectivity index (χ3v) is 5.42. The molecule has 0 bridgehead atoms. The lowest BCUT2D eigenvalue weighted by molar-refractivity contribution is 0.597. The normalized spacial score (nSPS) is 12.3. The lowest BCUT2D eigenvalue weighted by Gasteiger charge is -2.20. The van der Waals surface area contributed by atoms with Crippen LogP contribution >= 0.6 is 0 Å². The van der Waals surface area contributed by atoms with Crippen LogP contribution in [-0.4, -0.2) is 9.55 Å². The highest BCUT2D eigenvalue weighted by Crippen LogP contribution is 2.26. The highest BCUT2D eigenvalue weighted by molar-refractivity contribution is 5.88. The van der Waals surface area contributed by atoms with Crippen molar-refractivity contribution in [1.29, 1.82) is 0 Å². The van der Waals surface area contributed by atoms with Crippen LogP contribution in [0.5, 0.6) is 0 Å². The number of hydrogen-bond donors (Lipinski definition) is 0. The topological polar surface area (TPSA) is 65.1 Å². The van der Waals surface area contributed by atoms with Gasteiger partial charge in [-0.2, -0.15) is 4.98 Å². The summed E-state index contributed by atoms with van der Waals surface area (Å²) in [5.41, 5.74) is 0.808. The van der Waals surface area contributed by atoms with Crippen LogP contribution in [0.15, 0.2) is 92.9 Å². The number of benzene rings is 3. The third-order valence-electron chi connectivity index (χ3n) is 5.42. The molecule has 0 saturated carbocycles. The van der Waals surface area contributed by atoms with Crippen molar-refractivity contribution in [2.24, 2.45) is 0 Å². The Hall–Kier alpha value is -4.06. The minimum atomic E-state index is -0.500. The minimum Gasteiger partial charge on any atom is -0.437 e. The smallest absolute Gasteiger partial charge is 0.269 e. The summed E-state index contributed by atoms with van der Waals surface area (Å²) in [5, 5.41) is 0.217. The van der Waals surface area contributed by atoms with E-state index in [-0.39, 0.29) is 11.1 Å². The molecular formula is C25H17FN2O3. The van der Waals surface area contributed by atoms with Gasteiger partial charge in [-0.25, -0.2) is 4.39 Å². The highest BCUT2D eigenvalue weighted by atomic mass is 19.1. The predicted octanol–water partition coefficient (Wildman–Crippen LogP) is 4.92. The predicted molar refractivity (Wildman–Crippen MR) is 118 cm³/mol. The van der Waals surface area contributed by atoms with E-state index in [1.807, 2.05) is 37.3 Å². The van der Waals surface area contributed by atoms with Crippen LogP contribution in [-0.2, 0) is 0 Å². The molecule has 0 amide bonds. The second kappa shape index (κ2) is 7.32. The van der Waals surface area contributed by atoms with E-state index in [2.05, 4.69) is 4.98 Å². The Bertz CT molecular complexity index is 1540. The zero-order chi connectivity index (χ0) is 21.5. The number of aromatic nitrogens is 2. The molecule has 3 aromatic carbocycles. The van der Waals surface area contributed by atoms with Gasteiger partial charge in [-0.15, -0.1) is 0 Å². The number of fused-ring (bicyclic) bond motifs is 2. The summed E-state index contributed by atoms with van der Waals surface area (Å²) in [7, 11) is 0. The Morgan fingerprint density at radius 3 is 2.32 bits per heavy atom. The van der Waals surface area contributed by atoms with Crippen molar-refractivity contribution in [2.45, 2.75) is 13.0 Å². The SMILES string of the molecule is C[C@@H](c1ccccc1)n1c(-c2ccc(F)cc2)nc2oc3ccccc3c(=O)c2c1=O. The molecule has 0 fully saturated rings. The van der Waals surface area contributed by atoms with Crippen molar-refractivity contribution in [3.8, 4) is 11.4 Å². The summed E-state index contributed by atoms with van der Waals surface area (Å²) in [6.45, 7) is 1.86. The maximum absolute atomic E-state index is 13.7. The van der Waals surface area contributed by atoms with Crippen LogP contribution in [0.3, 0.4) is 0 Å². The average Bonchev–Trinajstić information content (AvgIpc) is 2.79. The van der Waals surface area contributed by atoms with Crippen LogP contribution < -0.4 is 11.0 Å². The molecule has 1 atom stereocenters. The standard InChI is InChI=1S/C25H17FN2O3/c1-15(16-7-3-2-4-8-16)28-23(17-11-13-18(26)14-12-17)27-24-21(25(28)30)22(29)19-9-5-6-10-20(19)31-24/h2-15H,1H3/t15-/m0/s1. The van der Waals surface area contributed by atoms with E-state index in [4.69, 9.17) is 4.42 Å². The summed E-state index contributed by atoms with van der Waals surface area (Å²) in [6.07, 6.45) is 0. The maximum Gasteiger partial charge on any atom is 0.269 e. The Labute approximate surface area is 176 Å². The van der Waals surface area contributed by atoms with Crippen molar-refractivity contribution >= 4 is 22.1 Å². The molecule has 0 spiro atoms. The zero-order valence-corrected chi connectivity index (χ0v) is 16.6. The van der Waals surface area contributed by atoms with Gasteiger partial charge >= 0.3 is 0 Å². The van der Waals surface area contributed by atoms with Crippen LogP contribution in [0.1, 0.15) is 18.5 Å². The number of halogens is 1. The largest absolute Gasteiger partial charge is 0.437 e. The number of rotatable bonds is 3. The molecule has 0 saturated heterocycles. The van der Waals surface area contributed by atoms with Crippen molar-refractivity contribution in [1.82, 2.24) is 9.55 Å². The van der Waals surface area contributed by atoms with Crippen molar-refractivity contribution in [3.63, 3.8) is 0 Å². The summed E-state index contributed by atoms with van der Waals surface area (Å²) >= 11 is 0. The molecule has 6 heteroatoms. The molecular weight excluding hydrogens is 395 g/mol. The van der Waals surface area contributed by atoms with Crippen LogP contribution in [0.4, 0.5) is 4.39 Å². The van der Waals surface area contributed by atoms with Gasteiger partial charge in [0.2, 0.25) is 11.1 Å². The molecule has 5 rings (SSSR count). The van der Waals surface area contributed by atoms with E-state index in [0.29, 0.717) is 22.4 Å². The number of hydrogen-bond acceptors (Lipinski definition) is 4. The van der Waals surface area contributed by atoms with Gasteiger partial charge in [-0.05, 0) is 48.9 Å². The fourth-order valence-electron chi connectivity index (χ4n) is 3.81. The fourth-order valence-corrected chi connectivity index (χ4v) is 3.81. The summed E-state index contributed by atoms with van der Waals surface area (Å²) in [5.74, 6) is -0.0978. The van der Waals surface area contributed by atoms with E-state index in [0.717, 1.165) is 5.56 Å². The Morgan fingerprint density at radius 1 is 0.903 bits per heavy atom. The van der Waals surface area contributed by atoms with E-state index in [9.17, 15) is 14.0 Å². The van der Waals surface area contributed by atoms with Gasteiger partial charge < -0.3 is 4.42 Å². The second-order valence-corrected chi connectivity index (χ2v) is 7.31. The van der Waals surface area contributed by atoms with E-state index < -0.39 is 22.8 Å². The Kier molecular flexibility index (Phi) is 4.47. The highest BCUT2D eigenvalue weighted by Gasteiger charge is 2.22. The molecule has 0 aliphatic rings. The summed E-state index contributed by atoms with van der Waals surface area (Å²) < 4.78 is 20.8. The van der Waals surface area contributed by atoms with E-state index in [1.165, 1.54) is 16.7 Å². The Balaban J connectivity index is 1.91. The van der Waals surface area contributed by atoms with Gasteiger partial charge in [-0.1, -0.05) is 42.5 Å². The van der Waals surface area contributed by atoms with Gasteiger partial charge in [-0.3, -0.25) is 14.2 Å². The monoisotopic (exact) mass is 412 g/mol. The Morgan fingerprint density at radius 2 is 1.58 bits per heavy atom. The first-order valence-corrected chi connectivity index (χ1v) is 9.83. The molecule has 5 aromatic rings. The molecule has 5 nitrogen and oxygen atoms in total. The summed E-state index contributed by atoms with van der Waals surface area (Å²) in [4.78, 5) is 31.4. The lowest BCUT2D eigenvalue weighted by atomic mass is 10.1. The first kappa shape index (κ1) is 18.9. The zero-order valence-electron chi connectivity index (χ0n) is 16.6. The van der Waals surface area contributed by atoms with Crippen molar-refractivity contribution in [2.75, 3.05) is 0 Å². The number of para-hydroxylation sites is 1. The van der Waals surface area contributed by atoms with Crippen LogP contribution in [0.25, 0.3) is 33.5 Å². The average molecular weight is 412 g/mol. The first-order chi connectivity index (χ1) is 15.0. The minimum absolute atomic E-state index is 0.0375.